The Bertz CT molecular complexity index is 991. The molecule has 1 N–H and O–H groups in total. The van der Waals surface area contributed by atoms with Gasteiger partial charge in [-0.15, -0.1) is 0 Å². The molecule has 1 aliphatic rings. The average Bonchev–Trinajstić information content (AvgIpc) is 3.06. The number of carbonyl (C=O) groups excluding carboxylic acids is 1. The number of halogens is 3. The minimum absolute atomic E-state index is 0.0778. The van der Waals surface area contributed by atoms with Gasteiger partial charge in [0.2, 0.25) is 0 Å². The Hall–Kier alpha value is -3.47. The Morgan fingerprint density at radius 3 is 2.48 bits per heavy atom. The Balaban J connectivity index is 2.04. The van der Waals surface area contributed by atoms with Crippen LogP contribution < -0.4 is 4.74 Å². The van der Waals surface area contributed by atoms with E-state index in [1.54, 1.807) is 0 Å². The van der Waals surface area contributed by atoms with Crippen molar-refractivity contribution in [2.24, 2.45) is 5.10 Å². The van der Waals surface area contributed by atoms with Gasteiger partial charge in [0.05, 0.1) is 24.2 Å². The molecule has 2 aromatic carbocycles. The molecule has 0 spiro atoms. The van der Waals surface area contributed by atoms with Crippen molar-refractivity contribution in [3.8, 4) is 5.75 Å². The van der Waals surface area contributed by atoms with Crippen LogP contribution in [0.15, 0.2) is 53.6 Å². The van der Waals surface area contributed by atoms with Gasteiger partial charge in [0, 0.05) is 17.7 Å². The Morgan fingerprint density at radius 1 is 1.28 bits per heavy atom. The van der Waals surface area contributed by atoms with Crippen molar-refractivity contribution < 1.29 is 32.7 Å². The number of nitro benzene ring substituents is 1. The van der Waals surface area contributed by atoms with E-state index in [1.165, 1.54) is 31.4 Å². The van der Waals surface area contributed by atoms with E-state index in [2.05, 4.69) is 5.10 Å². The van der Waals surface area contributed by atoms with Crippen LogP contribution in [0.5, 0.6) is 5.75 Å². The molecule has 152 valence electrons. The fourth-order valence-corrected chi connectivity index (χ4v) is 2.80. The predicted molar refractivity (Wildman–Crippen MR) is 94.4 cm³/mol. The third-order valence-electron chi connectivity index (χ3n) is 4.36. The second kappa shape index (κ2) is 7.17. The van der Waals surface area contributed by atoms with E-state index >= 15 is 0 Å². The third kappa shape index (κ3) is 3.63. The zero-order chi connectivity index (χ0) is 21.4. The number of non-ortho nitro benzene ring substituents is 1. The van der Waals surface area contributed by atoms with Crippen LogP contribution in [0.2, 0.25) is 0 Å². The molecule has 0 aliphatic carbocycles. The summed E-state index contributed by atoms with van der Waals surface area (Å²) in [6, 6.07) is 10.0. The van der Waals surface area contributed by atoms with Gasteiger partial charge in [-0.25, -0.2) is 0 Å². The molecule has 0 unspecified atom stereocenters. The van der Waals surface area contributed by atoms with Gasteiger partial charge in [0.15, 0.2) is 0 Å². The molecule has 2 aromatic rings. The second-order valence-corrected chi connectivity index (χ2v) is 6.19. The van der Waals surface area contributed by atoms with E-state index < -0.39 is 40.4 Å². The highest BCUT2D eigenvalue weighted by molar-refractivity contribution is 6.05. The summed E-state index contributed by atoms with van der Waals surface area (Å²) < 4.78 is 45.9. The molecule has 0 bridgehead atoms. The lowest BCUT2D eigenvalue weighted by Gasteiger charge is -2.32. The molecule has 3 rings (SSSR count). The summed E-state index contributed by atoms with van der Waals surface area (Å²) in [4.78, 5) is 22.8. The van der Waals surface area contributed by atoms with Gasteiger partial charge in [-0.05, 0) is 35.9 Å². The van der Waals surface area contributed by atoms with Gasteiger partial charge in [0.1, 0.15) is 5.75 Å². The maximum atomic E-state index is 13.6. The van der Waals surface area contributed by atoms with Crippen LogP contribution >= 0.6 is 0 Å². The largest absolute Gasteiger partial charge is 0.497 e. The SMILES string of the molecule is COc1ccc(C2=NN(C(=O)c3cccc([N+](=O)[O-])c3)[C@@](O)(C(F)(F)F)C2)cc1. The Morgan fingerprint density at radius 2 is 1.93 bits per heavy atom. The fraction of sp³-hybridized carbons (Fsp3) is 0.222. The first-order valence-electron chi connectivity index (χ1n) is 8.17. The number of benzene rings is 2. The molecule has 8 nitrogen and oxygen atoms in total. The number of aliphatic hydroxyl groups is 1. The van der Waals surface area contributed by atoms with Crippen LogP contribution in [0.4, 0.5) is 18.9 Å². The lowest BCUT2D eigenvalue weighted by molar-refractivity contribution is -0.384. The van der Waals surface area contributed by atoms with Crippen molar-refractivity contribution in [1.82, 2.24) is 5.01 Å². The van der Waals surface area contributed by atoms with E-state index in [-0.39, 0.29) is 16.3 Å². The summed E-state index contributed by atoms with van der Waals surface area (Å²) in [5.41, 5.74) is -4.41. The lowest BCUT2D eigenvalue weighted by Crippen LogP contribution is -2.56. The highest BCUT2D eigenvalue weighted by atomic mass is 19.4. The number of hydrogen-bond donors (Lipinski definition) is 1. The molecule has 1 aliphatic heterocycles. The highest BCUT2D eigenvalue weighted by Gasteiger charge is 2.63. The van der Waals surface area contributed by atoms with Gasteiger partial charge < -0.3 is 9.84 Å². The molecule has 1 atom stereocenters. The summed E-state index contributed by atoms with van der Waals surface area (Å²) in [6.45, 7) is 0. The molecule has 0 aromatic heterocycles. The van der Waals surface area contributed by atoms with Crippen LogP contribution in [0.3, 0.4) is 0 Å². The van der Waals surface area contributed by atoms with Crippen molar-refractivity contribution >= 4 is 17.3 Å². The first kappa shape index (κ1) is 20.3. The van der Waals surface area contributed by atoms with Gasteiger partial charge in [0.25, 0.3) is 17.3 Å². The van der Waals surface area contributed by atoms with Crippen molar-refractivity contribution in [2.45, 2.75) is 18.3 Å². The lowest BCUT2D eigenvalue weighted by atomic mass is 10.0. The first-order chi connectivity index (χ1) is 13.6. The average molecular weight is 409 g/mol. The smallest absolute Gasteiger partial charge is 0.438 e. The molecule has 0 saturated heterocycles. The molecule has 0 radical (unpaired) electrons. The third-order valence-corrected chi connectivity index (χ3v) is 4.36. The monoisotopic (exact) mass is 409 g/mol. The van der Waals surface area contributed by atoms with Gasteiger partial charge >= 0.3 is 6.18 Å². The van der Waals surface area contributed by atoms with Crippen LogP contribution in [0, 0.1) is 10.1 Å². The minimum Gasteiger partial charge on any atom is -0.497 e. The first-order valence-corrected chi connectivity index (χ1v) is 8.17. The second-order valence-electron chi connectivity index (χ2n) is 6.19. The van der Waals surface area contributed by atoms with Crippen LogP contribution in [0.25, 0.3) is 0 Å². The van der Waals surface area contributed by atoms with Crippen molar-refractivity contribution in [1.29, 1.82) is 0 Å². The molecule has 29 heavy (non-hydrogen) atoms. The highest BCUT2D eigenvalue weighted by Crippen LogP contribution is 2.42. The zero-order valence-corrected chi connectivity index (χ0v) is 14.9. The quantitative estimate of drug-likeness (QED) is 0.617. The van der Waals surface area contributed by atoms with Crippen LogP contribution in [-0.2, 0) is 0 Å². The fourth-order valence-electron chi connectivity index (χ4n) is 2.80. The number of nitrogens with zero attached hydrogens (tertiary/aromatic N) is 3. The standard InChI is InChI=1S/C18H14F3N3O5/c1-29-14-7-5-11(6-8-14)15-10-17(26,18(19,20)21)23(22-15)16(25)12-3-2-4-13(9-12)24(27)28/h2-9,26H,10H2,1H3/t17-/m0/s1. The number of nitro groups is 1. The van der Waals surface area contributed by atoms with Crippen molar-refractivity contribution in [2.75, 3.05) is 7.11 Å². The maximum absolute atomic E-state index is 13.6. The van der Waals surface area contributed by atoms with Crippen LogP contribution in [0.1, 0.15) is 22.3 Å². The topological polar surface area (TPSA) is 105 Å². The minimum atomic E-state index is -5.22. The number of carbonyl (C=O) groups is 1. The van der Waals surface area contributed by atoms with Gasteiger partial charge in [-0.2, -0.15) is 23.3 Å². The molecule has 1 heterocycles. The Kier molecular flexibility index (Phi) is 5.01. The van der Waals surface area contributed by atoms with E-state index in [9.17, 15) is 33.2 Å². The number of hydrazone groups is 1. The maximum Gasteiger partial charge on any atom is 0.438 e. The molecular weight excluding hydrogens is 395 g/mol. The summed E-state index contributed by atoms with van der Waals surface area (Å²) in [7, 11) is 1.42. The number of ether oxygens (including phenoxy) is 1. The number of hydrogen-bond acceptors (Lipinski definition) is 6. The summed E-state index contributed by atoms with van der Waals surface area (Å²) >= 11 is 0. The number of alkyl halides is 3. The van der Waals surface area contributed by atoms with E-state index in [4.69, 9.17) is 4.74 Å². The van der Waals surface area contributed by atoms with E-state index in [0.29, 0.717) is 5.75 Å². The van der Waals surface area contributed by atoms with E-state index in [1.807, 2.05) is 0 Å². The molecule has 0 fully saturated rings. The summed E-state index contributed by atoms with van der Waals surface area (Å²) in [6.07, 6.45) is -6.22. The van der Waals surface area contributed by atoms with Crippen molar-refractivity contribution in [3.63, 3.8) is 0 Å². The number of methoxy groups -OCH3 is 1. The Labute approximate surface area is 162 Å². The van der Waals surface area contributed by atoms with Gasteiger partial charge in [-0.1, -0.05) is 6.07 Å². The zero-order valence-electron chi connectivity index (χ0n) is 14.9. The molecule has 1 amide bonds. The summed E-state index contributed by atoms with van der Waals surface area (Å²) in [5.74, 6) is -0.861. The molecule has 0 saturated carbocycles. The van der Waals surface area contributed by atoms with Crippen molar-refractivity contribution in [3.05, 3.63) is 69.8 Å². The summed E-state index contributed by atoms with van der Waals surface area (Å²) in [5, 5.41) is 24.8. The molecular formula is C18H14F3N3O5. The van der Waals surface area contributed by atoms with E-state index in [0.717, 1.165) is 24.3 Å². The number of amides is 1. The normalized spacial score (nSPS) is 19.1. The predicted octanol–water partition coefficient (Wildman–Crippen LogP) is 3.10. The number of rotatable bonds is 4. The molecule has 11 heteroatoms. The van der Waals surface area contributed by atoms with Gasteiger partial charge in [-0.3, -0.25) is 14.9 Å². The van der Waals surface area contributed by atoms with Crippen LogP contribution in [-0.4, -0.2) is 45.7 Å².